The van der Waals surface area contributed by atoms with Gasteiger partial charge in [0.05, 0.1) is 38.0 Å². The highest BCUT2D eigenvalue weighted by molar-refractivity contribution is 7.84. The van der Waals surface area contributed by atoms with E-state index in [1.165, 1.54) is 0 Å². The zero-order chi connectivity index (χ0) is 21.4. The van der Waals surface area contributed by atoms with E-state index in [4.69, 9.17) is 4.98 Å². The first-order valence-electron chi connectivity index (χ1n) is 10.3. The molecule has 1 unspecified atom stereocenters. The predicted molar refractivity (Wildman–Crippen MR) is 124 cm³/mol. The van der Waals surface area contributed by atoms with Crippen LogP contribution in [0.1, 0.15) is 28.8 Å². The lowest BCUT2D eigenvalue weighted by Crippen LogP contribution is -2.35. The third-order valence-electron chi connectivity index (χ3n) is 5.84. The Morgan fingerprint density at radius 3 is 2.16 bits per heavy atom. The lowest BCUT2D eigenvalue weighted by molar-refractivity contribution is 0.0929. The number of carbonyl (C=O) groups excluding carboxylic acids is 1. The highest BCUT2D eigenvalue weighted by Gasteiger charge is 2.46. The van der Waals surface area contributed by atoms with Gasteiger partial charge in [-0.1, -0.05) is 78.9 Å². The molecule has 4 nitrogen and oxygen atoms in total. The summed E-state index contributed by atoms with van der Waals surface area (Å²) < 4.78 is 13.0. The van der Waals surface area contributed by atoms with Gasteiger partial charge in [0.1, 0.15) is 0 Å². The summed E-state index contributed by atoms with van der Waals surface area (Å²) in [4.78, 5) is 19.0. The van der Waals surface area contributed by atoms with Crippen LogP contribution < -0.4 is 5.32 Å². The summed E-state index contributed by atoms with van der Waals surface area (Å²) in [6.45, 7) is 0. The topological polar surface area (TPSA) is 59.1 Å². The molecule has 1 aromatic heterocycles. The number of nitrogens with zero attached hydrogens (tertiary/aromatic N) is 1. The van der Waals surface area contributed by atoms with E-state index in [9.17, 15) is 9.00 Å². The van der Waals surface area contributed by atoms with E-state index in [0.717, 1.165) is 24.0 Å². The molecule has 5 heteroatoms. The standard InChI is InChI=1S/C26H22N2O2S/c1-31(30)24-22(25(29)28-26(16-17-26)19-12-6-3-7-13-19)20-14-8-9-15-21(20)27-23(24)18-10-4-2-5-11-18/h2-15H,16-17H2,1H3,(H,28,29). The minimum Gasteiger partial charge on any atom is -0.342 e. The average Bonchev–Trinajstić information content (AvgIpc) is 3.59. The summed E-state index contributed by atoms with van der Waals surface area (Å²) in [6.07, 6.45) is 3.39. The van der Waals surface area contributed by atoms with Gasteiger partial charge in [-0.3, -0.25) is 9.00 Å². The molecule has 0 saturated heterocycles. The van der Waals surface area contributed by atoms with Crippen molar-refractivity contribution in [2.24, 2.45) is 0 Å². The first kappa shape index (κ1) is 19.6. The van der Waals surface area contributed by atoms with Crippen molar-refractivity contribution in [2.45, 2.75) is 23.3 Å². The highest BCUT2D eigenvalue weighted by atomic mass is 32.2. The summed E-state index contributed by atoms with van der Waals surface area (Å²) in [6, 6.07) is 27.2. The molecule has 0 radical (unpaired) electrons. The minimum absolute atomic E-state index is 0.206. The van der Waals surface area contributed by atoms with E-state index in [2.05, 4.69) is 5.32 Å². The molecule has 0 bridgehead atoms. The number of nitrogens with one attached hydrogen (secondary N) is 1. The Morgan fingerprint density at radius 2 is 1.52 bits per heavy atom. The number of fused-ring (bicyclic) bond motifs is 1. The van der Waals surface area contributed by atoms with Gasteiger partial charge in [-0.25, -0.2) is 4.98 Å². The van der Waals surface area contributed by atoms with E-state index in [1.807, 2.05) is 84.9 Å². The smallest absolute Gasteiger partial charge is 0.253 e. The molecule has 1 aliphatic rings. The van der Waals surface area contributed by atoms with E-state index >= 15 is 0 Å². The second-order valence-corrected chi connectivity index (χ2v) is 9.22. The average molecular weight is 427 g/mol. The van der Waals surface area contributed by atoms with Crippen LogP contribution in [-0.2, 0) is 16.3 Å². The van der Waals surface area contributed by atoms with Crippen LogP contribution >= 0.6 is 0 Å². The van der Waals surface area contributed by atoms with Crippen molar-refractivity contribution in [2.75, 3.05) is 6.26 Å². The molecule has 1 heterocycles. The molecule has 5 rings (SSSR count). The van der Waals surface area contributed by atoms with Crippen LogP contribution in [0.15, 0.2) is 89.8 Å². The number of pyridine rings is 1. The highest BCUT2D eigenvalue weighted by Crippen LogP contribution is 2.46. The maximum Gasteiger partial charge on any atom is 0.253 e. The number of carbonyl (C=O) groups is 1. The lowest BCUT2D eigenvalue weighted by atomic mass is 10.0. The fourth-order valence-corrected chi connectivity index (χ4v) is 5.07. The fraction of sp³-hybridized carbons (Fsp3) is 0.154. The first-order chi connectivity index (χ1) is 15.1. The maximum atomic E-state index is 13.7. The normalized spacial score (nSPS) is 15.4. The van der Waals surface area contributed by atoms with Crippen LogP contribution in [0.25, 0.3) is 22.2 Å². The van der Waals surface area contributed by atoms with Gasteiger partial charge in [0, 0.05) is 17.2 Å². The molecule has 1 fully saturated rings. The number of hydrogen-bond acceptors (Lipinski definition) is 3. The van der Waals surface area contributed by atoms with Gasteiger partial charge in [0.2, 0.25) is 0 Å². The molecular weight excluding hydrogens is 404 g/mol. The summed E-state index contributed by atoms with van der Waals surface area (Å²) in [7, 11) is -1.40. The summed E-state index contributed by atoms with van der Waals surface area (Å²) in [5, 5.41) is 3.98. The van der Waals surface area contributed by atoms with E-state index < -0.39 is 10.8 Å². The van der Waals surface area contributed by atoms with Crippen LogP contribution in [0.5, 0.6) is 0 Å². The summed E-state index contributed by atoms with van der Waals surface area (Å²) in [5.41, 5.74) is 3.34. The van der Waals surface area contributed by atoms with Gasteiger partial charge in [0.25, 0.3) is 5.91 Å². The Kier molecular flexibility index (Phi) is 4.91. The van der Waals surface area contributed by atoms with Gasteiger partial charge >= 0.3 is 0 Å². The Hall–Kier alpha value is -3.31. The monoisotopic (exact) mass is 426 g/mol. The number of para-hydroxylation sites is 1. The second-order valence-electron chi connectivity index (χ2n) is 7.90. The van der Waals surface area contributed by atoms with Crippen LogP contribution in [0.2, 0.25) is 0 Å². The predicted octanol–water partition coefficient (Wildman–Crippen LogP) is 5.06. The SMILES string of the molecule is CS(=O)c1c(-c2ccccc2)nc2ccccc2c1C(=O)NC1(c2ccccc2)CC1. The Labute approximate surface area is 183 Å². The van der Waals surface area contributed by atoms with Gasteiger partial charge in [-0.15, -0.1) is 0 Å². The Morgan fingerprint density at radius 1 is 0.903 bits per heavy atom. The van der Waals surface area contributed by atoms with Gasteiger partial charge < -0.3 is 5.32 Å². The van der Waals surface area contributed by atoms with E-state index in [1.54, 1.807) is 6.26 Å². The molecule has 0 spiro atoms. The third kappa shape index (κ3) is 3.55. The summed E-state index contributed by atoms with van der Waals surface area (Å²) in [5.74, 6) is -0.206. The second kappa shape index (κ2) is 7.75. The molecule has 3 aromatic carbocycles. The zero-order valence-corrected chi connectivity index (χ0v) is 18.0. The number of aromatic nitrogens is 1. The molecule has 154 valence electrons. The van der Waals surface area contributed by atoms with Crippen molar-refractivity contribution >= 4 is 27.6 Å². The maximum absolute atomic E-state index is 13.7. The van der Waals surface area contributed by atoms with Crippen molar-refractivity contribution in [1.29, 1.82) is 0 Å². The van der Waals surface area contributed by atoms with Crippen LogP contribution in [0.4, 0.5) is 0 Å². The fourth-order valence-electron chi connectivity index (χ4n) is 4.14. The van der Waals surface area contributed by atoms with Crippen LogP contribution in [0, 0.1) is 0 Å². The van der Waals surface area contributed by atoms with Crippen molar-refractivity contribution in [1.82, 2.24) is 10.3 Å². The van der Waals surface area contributed by atoms with Gasteiger partial charge in [-0.05, 0) is 24.5 Å². The Bertz CT molecular complexity index is 1300. The minimum atomic E-state index is -1.40. The first-order valence-corrected chi connectivity index (χ1v) is 11.8. The lowest BCUT2D eigenvalue weighted by Gasteiger charge is -2.21. The number of rotatable bonds is 5. The molecule has 4 aromatic rings. The molecule has 1 aliphatic carbocycles. The molecule has 1 amide bonds. The van der Waals surface area contributed by atoms with Crippen LogP contribution in [0.3, 0.4) is 0 Å². The van der Waals surface area contributed by atoms with Crippen molar-refractivity contribution < 1.29 is 9.00 Å². The number of benzene rings is 3. The van der Waals surface area contributed by atoms with Crippen molar-refractivity contribution in [3.8, 4) is 11.3 Å². The van der Waals surface area contributed by atoms with Crippen molar-refractivity contribution in [3.63, 3.8) is 0 Å². The van der Waals surface area contributed by atoms with Crippen molar-refractivity contribution in [3.05, 3.63) is 96.1 Å². The molecule has 31 heavy (non-hydrogen) atoms. The zero-order valence-electron chi connectivity index (χ0n) is 17.2. The van der Waals surface area contributed by atoms with E-state index in [0.29, 0.717) is 27.1 Å². The molecular formula is C26H22N2O2S. The quantitative estimate of drug-likeness (QED) is 0.485. The molecule has 0 aliphatic heterocycles. The molecule has 1 saturated carbocycles. The third-order valence-corrected chi connectivity index (χ3v) is 6.81. The van der Waals surface area contributed by atoms with Gasteiger partial charge in [0.15, 0.2) is 0 Å². The Balaban J connectivity index is 1.69. The van der Waals surface area contributed by atoms with Crippen LogP contribution in [-0.4, -0.2) is 21.4 Å². The number of amides is 1. The van der Waals surface area contributed by atoms with Gasteiger partial charge in [-0.2, -0.15) is 0 Å². The van der Waals surface area contributed by atoms with E-state index in [-0.39, 0.29) is 11.4 Å². The number of hydrogen-bond donors (Lipinski definition) is 1. The molecule has 1 N–H and O–H groups in total. The molecule has 1 atom stereocenters. The largest absolute Gasteiger partial charge is 0.342 e. The summed E-state index contributed by atoms with van der Waals surface area (Å²) >= 11 is 0.